The molecule has 0 aliphatic heterocycles. The molecule has 0 N–H and O–H groups in total. The van der Waals surface area contributed by atoms with Crippen LogP contribution in [0.15, 0.2) is 174 Å². The second-order valence-electron chi connectivity index (χ2n) is 18.9. The van der Waals surface area contributed by atoms with E-state index < -0.39 is 0 Å². The third kappa shape index (κ3) is 5.29. The Hall–Kier alpha value is -7.50. The average molecular weight is 813 g/mol. The molecule has 8 aromatic carbocycles. The van der Waals surface area contributed by atoms with Crippen molar-refractivity contribution in [2.24, 2.45) is 0 Å². The molecule has 4 heterocycles. The highest BCUT2D eigenvalue weighted by atomic mass is 16.3. The molecule has 5 nitrogen and oxygen atoms in total. The number of hydrogen-bond acceptors (Lipinski definition) is 3. The molecular formula is C58H44N4O. The number of nitrogens with zero attached hydrogens (tertiary/aromatic N) is 4. The normalized spacial score (nSPS) is 14.8. The van der Waals surface area contributed by atoms with E-state index in [2.05, 4.69) is 195 Å². The van der Waals surface area contributed by atoms with Gasteiger partial charge in [0.15, 0.2) is 0 Å². The Bertz CT molecular complexity index is 3850. The molecule has 1 aliphatic rings. The molecule has 0 unspecified atom stereocenters. The molecule has 5 heteroatoms. The zero-order valence-corrected chi connectivity index (χ0v) is 35.8. The SMILES string of the molecule is CC1(C)CCC(C)(C)c2cc3c(cc21)c1cc2c(cc1n3-c1ccccc1)c1c3ccccc3ccc1n2-c1nc(-c2cccc(-c3ccccc3)c2)c2c(n1)oc1ccccc12. The molecular weight excluding hydrogens is 769 g/mol. The van der Waals surface area contributed by atoms with Gasteiger partial charge in [0.05, 0.1) is 33.1 Å². The Kier molecular flexibility index (Phi) is 7.47. The molecule has 0 atom stereocenters. The topological polar surface area (TPSA) is 48.8 Å². The molecule has 0 spiro atoms. The molecule has 0 saturated carbocycles. The number of rotatable bonds is 4. The van der Waals surface area contributed by atoms with Gasteiger partial charge in [-0.1, -0.05) is 143 Å². The monoisotopic (exact) mass is 812 g/mol. The Morgan fingerprint density at radius 1 is 0.444 bits per heavy atom. The maximum atomic E-state index is 6.66. The van der Waals surface area contributed by atoms with Crippen molar-refractivity contribution in [2.45, 2.75) is 51.4 Å². The van der Waals surface area contributed by atoms with E-state index in [9.17, 15) is 0 Å². The standard InChI is InChI=1S/C58H44N4O/c1-57(2)28-29-58(3,4)46-34-50-42(31-45(46)57)43-32-49-44(33-48(43)61(50)39-21-9-6-10-22-39)52-40-23-12-11-18-36(40)26-27-47(52)62(49)56-59-54(53-41-24-13-14-25-51(41)63-55(53)60-56)38-20-15-19-37(30-38)35-16-7-5-8-17-35/h5-27,30-34H,28-29H2,1-4H3. The second-order valence-corrected chi connectivity index (χ2v) is 18.9. The van der Waals surface area contributed by atoms with Crippen molar-refractivity contribution >= 4 is 76.5 Å². The number of aromatic nitrogens is 4. The summed E-state index contributed by atoms with van der Waals surface area (Å²) in [6.07, 6.45) is 2.31. The van der Waals surface area contributed by atoms with Crippen LogP contribution < -0.4 is 0 Å². The quantitative estimate of drug-likeness (QED) is 0.178. The smallest absolute Gasteiger partial charge is 0.238 e. The zero-order chi connectivity index (χ0) is 42.2. The molecule has 0 saturated heterocycles. The van der Waals surface area contributed by atoms with Gasteiger partial charge in [0, 0.05) is 38.2 Å². The second kappa shape index (κ2) is 13.0. The summed E-state index contributed by atoms with van der Waals surface area (Å²) in [5, 5.41) is 9.09. The summed E-state index contributed by atoms with van der Waals surface area (Å²) in [6, 6.07) is 61.4. The van der Waals surface area contributed by atoms with E-state index in [1.54, 1.807) is 0 Å². The van der Waals surface area contributed by atoms with Crippen LogP contribution in [0.25, 0.3) is 110 Å². The van der Waals surface area contributed by atoms with E-state index in [4.69, 9.17) is 14.4 Å². The molecule has 0 fully saturated rings. The van der Waals surface area contributed by atoms with Crippen LogP contribution in [0.2, 0.25) is 0 Å². The predicted molar refractivity (Wildman–Crippen MR) is 262 cm³/mol. The van der Waals surface area contributed by atoms with Gasteiger partial charge in [0.1, 0.15) is 5.58 Å². The lowest BCUT2D eigenvalue weighted by Crippen LogP contribution is -2.33. The van der Waals surface area contributed by atoms with Crippen LogP contribution in [0.3, 0.4) is 0 Å². The molecule has 63 heavy (non-hydrogen) atoms. The summed E-state index contributed by atoms with van der Waals surface area (Å²) in [5.41, 5.74) is 14.2. The van der Waals surface area contributed by atoms with Crippen molar-refractivity contribution in [2.75, 3.05) is 0 Å². The maximum absolute atomic E-state index is 6.66. The summed E-state index contributed by atoms with van der Waals surface area (Å²) >= 11 is 0. The Morgan fingerprint density at radius 3 is 1.87 bits per heavy atom. The molecule has 13 rings (SSSR count). The summed E-state index contributed by atoms with van der Waals surface area (Å²) in [7, 11) is 0. The van der Waals surface area contributed by atoms with Crippen LogP contribution in [-0.4, -0.2) is 19.1 Å². The Balaban J connectivity index is 1.18. The lowest BCUT2D eigenvalue weighted by atomic mass is 9.63. The van der Waals surface area contributed by atoms with Crippen molar-refractivity contribution in [3.8, 4) is 34.0 Å². The van der Waals surface area contributed by atoms with E-state index >= 15 is 0 Å². The van der Waals surface area contributed by atoms with E-state index in [-0.39, 0.29) is 10.8 Å². The van der Waals surface area contributed by atoms with Crippen LogP contribution >= 0.6 is 0 Å². The number of hydrogen-bond donors (Lipinski definition) is 0. The van der Waals surface area contributed by atoms with Crippen LogP contribution in [0.4, 0.5) is 0 Å². The molecule has 0 amide bonds. The first-order valence-electron chi connectivity index (χ1n) is 22.1. The first kappa shape index (κ1) is 36.2. The van der Waals surface area contributed by atoms with Gasteiger partial charge in [-0.2, -0.15) is 4.98 Å². The molecule has 0 radical (unpaired) electrons. The van der Waals surface area contributed by atoms with Crippen molar-refractivity contribution in [3.05, 3.63) is 181 Å². The minimum atomic E-state index is 0.0577. The Labute approximate surface area is 364 Å². The van der Waals surface area contributed by atoms with Crippen LogP contribution in [0, 0.1) is 0 Å². The number of fused-ring (bicyclic) bond motifs is 12. The van der Waals surface area contributed by atoms with Crippen LogP contribution in [0.5, 0.6) is 0 Å². The van der Waals surface area contributed by atoms with Gasteiger partial charge in [0.25, 0.3) is 0 Å². The summed E-state index contributed by atoms with van der Waals surface area (Å²) in [6.45, 7) is 9.68. The maximum Gasteiger partial charge on any atom is 0.238 e. The summed E-state index contributed by atoms with van der Waals surface area (Å²) < 4.78 is 11.4. The molecule has 1 aliphatic carbocycles. The number of para-hydroxylation sites is 2. The molecule has 0 bridgehead atoms. The largest absolute Gasteiger partial charge is 0.437 e. The van der Waals surface area contributed by atoms with E-state index in [0.29, 0.717) is 11.7 Å². The predicted octanol–water partition coefficient (Wildman–Crippen LogP) is 15.4. The minimum absolute atomic E-state index is 0.0577. The third-order valence-corrected chi connectivity index (χ3v) is 14.2. The minimum Gasteiger partial charge on any atom is -0.437 e. The lowest BCUT2D eigenvalue weighted by molar-refractivity contribution is 0.332. The van der Waals surface area contributed by atoms with Gasteiger partial charge in [0.2, 0.25) is 11.7 Å². The average Bonchev–Trinajstić information content (AvgIpc) is 3.96. The highest BCUT2D eigenvalue weighted by molar-refractivity contribution is 6.25. The zero-order valence-electron chi connectivity index (χ0n) is 35.8. The van der Waals surface area contributed by atoms with Gasteiger partial charge < -0.3 is 8.98 Å². The van der Waals surface area contributed by atoms with Crippen molar-refractivity contribution in [1.29, 1.82) is 0 Å². The van der Waals surface area contributed by atoms with Gasteiger partial charge in [-0.05, 0) is 111 Å². The fourth-order valence-electron chi connectivity index (χ4n) is 10.8. The van der Waals surface area contributed by atoms with Crippen LogP contribution in [-0.2, 0) is 10.8 Å². The molecule has 12 aromatic rings. The fraction of sp³-hybridized carbons (Fsp3) is 0.138. The Morgan fingerprint density at radius 2 is 1.06 bits per heavy atom. The van der Waals surface area contributed by atoms with E-state index in [1.807, 2.05) is 12.1 Å². The van der Waals surface area contributed by atoms with Crippen molar-refractivity contribution in [1.82, 2.24) is 19.1 Å². The van der Waals surface area contributed by atoms with E-state index in [0.717, 1.165) is 73.7 Å². The van der Waals surface area contributed by atoms with Gasteiger partial charge >= 0.3 is 0 Å². The first-order valence-corrected chi connectivity index (χ1v) is 22.1. The number of benzene rings is 8. The van der Waals surface area contributed by atoms with Gasteiger partial charge in [-0.25, -0.2) is 4.98 Å². The van der Waals surface area contributed by atoms with Crippen LogP contribution in [0.1, 0.15) is 51.7 Å². The molecule has 302 valence electrons. The molecule has 4 aromatic heterocycles. The lowest BCUT2D eigenvalue weighted by Gasteiger charge is -2.42. The highest BCUT2D eigenvalue weighted by Gasteiger charge is 2.38. The fourth-order valence-corrected chi connectivity index (χ4v) is 10.8. The summed E-state index contributed by atoms with van der Waals surface area (Å²) in [4.78, 5) is 11.0. The van der Waals surface area contributed by atoms with Crippen molar-refractivity contribution < 1.29 is 4.42 Å². The van der Waals surface area contributed by atoms with Crippen molar-refractivity contribution in [3.63, 3.8) is 0 Å². The summed E-state index contributed by atoms with van der Waals surface area (Å²) in [5.74, 6) is 0.573. The third-order valence-electron chi connectivity index (χ3n) is 14.2. The van der Waals surface area contributed by atoms with Gasteiger partial charge in [-0.15, -0.1) is 0 Å². The first-order chi connectivity index (χ1) is 30.7. The van der Waals surface area contributed by atoms with E-state index in [1.165, 1.54) is 49.1 Å². The van der Waals surface area contributed by atoms with Gasteiger partial charge in [-0.3, -0.25) is 4.57 Å². The highest BCUT2D eigenvalue weighted by Crippen LogP contribution is 2.50. The number of furan rings is 1.